The van der Waals surface area contributed by atoms with Gasteiger partial charge in [-0.1, -0.05) is 17.7 Å². The molecule has 1 aliphatic carbocycles. The first kappa shape index (κ1) is 32.8. The van der Waals surface area contributed by atoms with Crippen molar-refractivity contribution >= 4 is 17.4 Å². The lowest BCUT2D eigenvalue weighted by Gasteiger charge is -2.55. The molecule has 2 N–H and O–H groups in total. The molecule has 0 unspecified atom stereocenters. The fraction of sp³-hybridized carbons (Fsp3) is 0.500. The summed E-state index contributed by atoms with van der Waals surface area (Å²) in [4.78, 5) is 29.8. The van der Waals surface area contributed by atoms with Gasteiger partial charge in [0.05, 0.1) is 23.8 Å². The van der Waals surface area contributed by atoms with Gasteiger partial charge in [0.15, 0.2) is 5.78 Å². The lowest BCUT2D eigenvalue weighted by Crippen LogP contribution is -2.63. The first-order valence-corrected chi connectivity index (χ1v) is 15.7. The Labute approximate surface area is 264 Å². The van der Waals surface area contributed by atoms with E-state index in [4.69, 9.17) is 9.47 Å². The molecule has 7 nitrogen and oxygen atoms in total. The van der Waals surface area contributed by atoms with E-state index >= 15 is 0 Å². The molecule has 2 aromatic carbocycles. The number of ether oxygens (including phenoxy) is 2. The van der Waals surface area contributed by atoms with E-state index in [0.29, 0.717) is 43.3 Å². The van der Waals surface area contributed by atoms with Crippen molar-refractivity contribution in [2.45, 2.75) is 83.4 Å². The number of Topliss-reactive ketones (excluding diaryl/α,β-unsaturated/α-hetero) is 1. The van der Waals surface area contributed by atoms with Gasteiger partial charge >= 0.3 is 0 Å². The Balaban J connectivity index is 1.34. The molecule has 2 fully saturated rings. The number of carbonyl (C=O) groups excluding carboxylic acids is 2. The number of rotatable bonds is 10. The molecule has 2 heterocycles. The fourth-order valence-electron chi connectivity index (χ4n) is 7.01. The third kappa shape index (κ3) is 7.47. The van der Waals surface area contributed by atoms with E-state index in [-0.39, 0.29) is 42.5 Å². The Bertz CT molecular complexity index is 1510. The maximum absolute atomic E-state index is 14.5. The van der Waals surface area contributed by atoms with Crippen molar-refractivity contribution in [2.24, 2.45) is 5.41 Å². The molecule has 45 heavy (non-hydrogen) atoms. The highest BCUT2D eigenvalue weighted by Crippen LogP contribution is 2.44. The number of aliphatic hydroxyl groups is 1. The van der Waals surface area contributed by atoms with Crippen LogP contribution in [0.3, 0.4) is 0 Å². The molecule has 1 saturated heterocycles. The smallest absolute Gasteiger partial charge is 0.221 e. The molecule has 0 atom stereocenters. The molecule has 0 aromatic heterocycles. The van der Waals surface area contributed by atoms with Crippen LogP contribution < -0.4 is 10.1 Å². The SMILES string of the molecule is COc1ccc(C)cc1C(C)(C)NC(=O)CC1(CC(=O)C2=CCOC(c3ccc(F)cc3F)=C2)CN(C2CCC(C)(O)CC2)C1. The maximum atomic E-state index is 14.5. The van der Waals surface area contributed by atoms with Gasteiger partial charge in [0.1, 0.15) is 29.8 Å². The van der Waals surface area contributed by atoms with Crippen molar-refractivity contribution in [3.05, 3.63) is 82.4 Å². The van der Waals surface area contributed by atoms with Gasteiger partial charge < -0.3 is 19.9 Å². The van der Waals surface area contributed by atoms with Crippen LogP contribution in [-0.4, -0.2) is 60.1 Å². The number of amides is 1. The van der Waals surface area contributed by atoms with Crippen LogP contribution >= 0.6 is 0 Å². The number of likely N-dealkylation sites (tertiary alicyclic amines) is 1. The van der Waals surface area contributed by atoms with E-state index < -0.39 is 28.2 Å². The van der Waals surface area contributed by atoms with Gasteiger partial charge in [-0.2, -0.15) is 0 Å². The molecule has 242 valence electrons. The van der Waals surface area contributed by atoms with Gasteiger partial charge in [0.2, 0.25) is 5.91 Å². The van der Waals surface area contributed by atoms with Crippen LogP contribution in [-0.2, 0) is 19.9 Å². The largest absolute Gasteiger partial charge is 0.496 e. The van der Waals surface area contributed by atoms with E-state index in [1.165, 1.54) is 12.1 Å². The first-order chi connectivity index (χ1) is 21.2. The number of benzene rings is 2. The molecular formula is C36H44F2N2O5. The van der Waals surface area contributed by atoms with Crippen molar-refractivity contribution in [3.8, 4) is 5.75 Å². The number of nitrogens with zero attached hydrogens (tertiary/aromatic N) is 1. The third-order valence-electron chi connectivity index (χ3n) is 9.52. The maximum Gasteiger partial charge on any atom is 0.221 e. The van der Waals surface area contributed by atoms with Crippen molar-refractivity contribution in [2.75, 3.05) is 26.8 Å². The molecule has 0 spiro atoms. The summed E-state index contributed by atoms with van der Waals surface area (Å²) >= 11 is 0. The van der Waals surface area contributed by atoms with Gasteiger partial charge in [0, 0.05) is 54.6 Å². The average molecular weight is 623 g/mol. The summed E-state index contributed by atoms with van der Waals surface area (Å²) in [6.07, 6.45) is 6.61. The van der Waals surface area contributed by atoms with E-state index in [2.05, 4.69) is 10.2 Å². The Morgan fingerprint density at radius 1 is 1.11 bits per heavy atom. The molecule has 0 bridgehead atoms. The van der Waals surface area contributed by atoms with Crippen molar-refractivity contribution in [1.82, 2.24) is 10.2 Å². The van der Waals surface area contributed by atoms with Gasteiger partial charge in [0.25, 0.3) is 0 Å². The molecule has 9 heteroatoms. The zero-order valence-corrected chi connectivity index (χ0v) is 26.8. The number of hydrogen-bond acceptors (Lipinski definition) is 6. The minimum absolute atomic E-state index is 0.0812. The standard InChI is InChI=1S/C36H44F2N2O5/c1-23-6-9-31(44-5)28(16-23)34(2,3)39-33(42)20-36(21-40(22-36)26-10-13-35(4,43)14-11-26)19-30(41)24-12-15-45-32(17-24)27-8-7-25(37)18-29(27)38/h6-9,12,16-18,26,43H,10-11,13-15,19-22H2,1-5H3,(H,39,42). The number of methoxy groups -OCH3 is 1. The quantitative estimate of drug-likeness (QED) is 0.339. The number of allylic oxidation sites excluding steroid dienone is 2. The minimum Gasteiger partial charge on any atom is -0.496 e. The minimum atomic E-state index is -0.767. The van der Waals surface area contributed by atoms with E-state index in [1.807, 2.05) is 45.9 Å². The Hall–Kier alpha value is -3.56. The molecule has 3 aliphatic rings. The number of aryl methyl sites for hydroxylation is 1. The average Bonchev–Trinajstić information content (AvgIpc) is 2.95. The third-order valence-corrected chi connectivity index (χ3v) is 9.52. The molecule has 2 aromatic rings. The summed E-state index contributed by atoms with van der Waals surface area (Å²) in [6.45, 7) is 8.99. The molecule has 2 aliphatic heterocycles. The van der Waals surface area contributed by atoms with Crippen LogP contribution in [0, 0.1) is 24.0 Å². The summed E-state index contributed by atoms with van der Waals surface area (Å²) < 4.78 is 39.2. The highest BCUT2D eigenvalue weighted by atomic mass is 19.1. The lowest BCUT2D eigenvalue weighted by atomic mass is 9.69. The summed E-state index contributed by atoms with van der Waals surface area (Å²) in [5.74, 6) is -0.920. The van der Waals surface area contributed by atoms with Crippen LogP contribution in [0.4, 0.5) is 8.78 Å². The second-order valence-corrected chi connectivity index (χ2v) is 13.9. The molecule has 1 amide bonds. The predicted octanol–water partition coefficient (Wildman–Crippen LogP) is 5.98. The van der Waals surface area contributed by atoms with Crippen molar-refractivity contribution in [3.63, 3.8) is 0 Å². The zero-order valence-electron chi connectivity index (χ0n) is 26.8. The molecule has 5 rings (SSSR count). The predicted molar refractivity (Wildman–Crippen MR) is 168 cm³/mol. The van der Waals surface area contributed by atoms with E-state index in [0.717, 1.165) is 36.1 Å². The van der Waals surface area contributed by atoms with Gasteiger partial charge in [-0.05, 0) is 83.7 Å². The van der Waals surface area contributed by atoms with E-state index in [1.54, 1.807) is 13.2 Å². The van der Waals surface area contributed by atoms with Crippen LogP contribution in [0.1, 0.15) is 76.0 Å². The molecular weight excluding hydrogens is 578 g/mol. The van der Waals surface area contributed by atoms with Crippen LogP contribution in [0.2, 0.25) is 0 Å². The normalized spacial score (nSPS) is 23.2. The van der Waals surface area contributed by atoms with Crippen LogP contribution in [0.15, 0.2) is 54.1 Å². The Morgan fingerprint density at radius 2 is 1.82 bits per heavy atom. The second kappa shape index (κ2) is 12.7. The number of nitrogens with one attached hydrogen (secondary N) is 1. The summed E-state index contributed by atoms with van der Waals surface area (Å²) in [7, 11) is 1.61. The van der Waals surface area contributed by atoms with Gasteiger partial charge in [-0.25, -0.2) is 8.78 Å². The van der Waals surface area contributed by atoms with E-state index in [9.17, 15) is 23.5 Å². The highest BCUT2D eigenvalue weighted by molar-refractivity contribution is 6.00. The van der Waals surface area contributed by atoms with Crippen LogP contribution in [0.25, 0.3) is 5.76 Å². The van der Waals surface area contributed by atoms with Crippen molar-refractivity contribution in [1.29, 1.82) is 0 Å². The Kier molecular flexibility index (Phi) is 9.25. The first-order valence-electron chi connectivity index (χ1n) is 15.7. The number of halogens is 2. The molecule has 0 radical (unpaired) electrons. The van der Waals surface area contributed by atoms with Gasteiger partial charge in [-0.3, -0.25) is 14.5 Å². The Morgan fingerprint density at radius 3 is 2.49 bits per heavy atom. The second-order valence-electron chi connectivity index (χ2n) is 13.9. The zero-order chi connectivity index (χ0) is 32.6. The molecule has 1 saturated carbocycles. The van der Waals surface area contributed by atoms with Crippen molar-refractivity contribution < 1.29 is 33.0 Å². The topological polar surface area (TPSA) is 88.1 Å². The summed E-state index contributed by atoms with van der Waals surface area (Å²) in [5, 5.41) is 13.6. The number of hydrogen-bond donors (Lipinski definition) is 2. The lowest BCUT2D eigenvalue weighted by molar-refractivity contribution is -0.135. The summed E-state index contributed by atoms with van der Waals surface area (Å²) in [6, 6.07) is 9.39. The van der Waals surface area contributed by atoms with Gasteiger partial charge in [-0.15, -0.1) is 0 Å². The number of ketones is 1. The van der Waals surface area contributed by atoms with Crippen LogP contribution in [0.5, 0.6) is 5.75 Å². The summed E-state index contributed by atoms with van der Waals surface area (Å²) in [5.41, 5.74) is 0.415. The highest BCUT2D eigenvalue weighted by Gasteiger charge is 2.49. The fourth-order valence-corrected chi connectivity index (χ4v) is 7.01. The monoisotopic (exact) mass is 622 g/mol. The number of carbonyl (C=O) groups is 2.